The van der Waals surface area contributed by atoms with Crippen molar-refractivity contribution in [2.75, 3.05) is 13.7 Å². The summed E-state index contributed by atoms with van der Waals surface area (Å²) in [5, 5.41) is 11.0. The third-order valence-electron chi connectivity index (χ3n) is 4.25. The van der Waals surface area contributed by atoms with Gasteiger partial charge in [-0.2, -0.15) is 0 Å². The number of methoxy groups -OCH3 is 1. The van der Waals surface area contributed by atoms with E-state index in [2.05, 4.69) is 4.74 Å². The molecule has 2 aromatic rings. The normalized spacial score (nSPS) is 14.3. The van der Waals surface area contributed by atoms with Crippen LogP contribution in [0.2, 0.25) is 5.02 Å². The van der Waals surface area contributed by atoms with Crippen molar-refractivity contribution in [3.63, 3.8) is 0 Å². The number of aliphatic hydroxyl groups is 1. The molecular formula is C20H24ClNO4. The molecule has 3 N–H and O–H groups in total. The Bertz CT molecular complexity index is 703. The molecule has 0 aliphatic carbocycles. The van der Waals surface area contributed by atoms with Gasteiger partial charge in [0, 0.05) is 17.0 Å². The Balaban J connectivity index is 1.87. The summed E-state index contributed by atoms with van der Waals surface area (Å²) < 4.78 is 10.4. The van der Waals surface area contributed by atoms with Gasteiger partial charge in [-0.25, -0.2) is 0 Å². The number of esters is 1. The standard InChI is InChI=1S/C20H24ClNO4/c1-13(19(22)20(24)15-5-7-16(21)8-6-15)12-26-17-9-3-14(4-10-17)11-18(23)25-2/h3-10,13,19-20,24H,11-12,22H2,1-2H3. The zero-order valence-corrected chi connectivity index (χ0v) is 15.6. The minimum atomic E-state index is -0.798. The van der Waals surface area contributed by atoms with Gasteiger partial charge in [-0.15, -0.1) is 0 Å². The molecule has 0 saturated heterocycles. The smallest absolute Gasteiger partial charge is 0.309 e. The van der Waals surface area contributed by atoms with Crippen LogP contribution in [0.25, 0.3) is 0 Å². The van der Waals surface area contributed by atoms with Crippen LogP contribution in [0, 0.1) is 5.92 Å². The van der Waals surface area contributed by atoms with Gasteiger partial charge in [0.2, 0.25) is 0 Å². The summed E-state index contributed by atoms with van der Waals surface area (Å²) in [6.45, 7) is 2.29. The maximum absolute atomic E-state index is 11.3. The summed E-state index contributed by atoms with van der Waals surface area (Å²) in [7, 11) is 1.36. The molecule has 140 valence electrons. The third-order valence-corrected chi connectivity index (χ3v) is 4.50. The SMILES string of the molecule is COC(=O)Cc1ccc(OCC(C)C(N)C(O)c2ccc(Cl)cc2)cc1. The summed E-state index contributed by atoms with van der Waals surface area (Å²) >= 11 is 5.86. The van der Waals surface area contributed by atoms with E-state index in [1.165, 1.54) is 7.11 Å². The van der Waals surface area contributed by atoms with Gasteiger partial charge in [-0.3, -0.25) is 4.79 Å². The first kappa shape index (κ1) is 20.2. The molecule has 0 bridgehead atoms. The average molecular weight is 378 g/mol. The molecular weight excluding hydrogens is 354 g/mol. The fourth-order valence-electron chi connectivity index (χ4n) is 2.47. The predicted molar refractivity (Wildman–Crippen MR) is 101 cm³/mol. The van der Waals surface area contributed by atoms with Gasteiger partial charge in [0.05, 0.1) is 26.2 Å². The first-order chi connectivity index (χ1) is 12.4. The van der Waals surface area contributed by atoms with E-state index in [1.807, 2.05) is 19.1 Å². The largest absolute Gasteiger partial charge is 0.493 e. The van der Waals surface area contributed by atoms with E-state index in [0.29, 0.717) is 17.4 Å². The Hall–Kier alpha value is -2.08. The Labute approximate surface area is 158 Å². The Morgan fingerprint density at radius 2 is 1.77 bits per heavy atom. The van der Waals surface area contributed by atoms with E-state index < -0.39 is 12.1 Å². The van der Waals surface area contributed by atoms with E-state index in [0.717, 1.165) is 11.1 Å². The average Bonchev–Trinajstić information content (AvgIpc) is 2.66. The number of hydrogen-bond acceptors (Lipinski definition) is 5. The minimum Gasteiger partial charge on any atom is -0.493 e. The number of aliphatic hydroxyl groups excluding tert-OH is 1. The van der Waals surface area contributed by atoms with Crippen molar-refractivity contribution in [3.8, 4) is 5.75 Å². The van der Waals surface area contributed by atoms with Crippen LogP contribution >= 0.6 is 11.6 Å². The number of halogens is 1. The molecule has 0 aliphatic rings. The topological polar surface area (TPSA) is 81.8 Å². The van der Waals surface area contributed by atoms with Crippen LogP contribution in [-0.2, 0) is 16.0 Å². The highest BCUT2D eigenvalue weighted by Gasteiger charge is 2.23. The lowest BCUT2D eigenvalue weighted by Crippen LogP contribution is -2.37. The molecule has 2 rings (SSSR count). The van der Waals surface area contributed by atoms with Gasteiger partial charge in [-0.05, 0) is 35.4 Å². The second kappa shape index (κ2) is 9.57. The summed E-state index contributed by atoms with van der Waals surface area (Å²) in [6.07, 6.45) is -0.570. The fraction of sp³-hybridized carbons (Fsp3) is 0.350. The quantitative estimate of drug-likeness (QED) is 0.691. The number of ether oxygens (including phenoxy) is 2. The minimum absolute atomic E-state index is 0.0737. The summed E-state index contributed by atoms with van der Waals surface area (Å²) in [5.74, 6) is 0.323. The number of benzene rings is 2. The maximum Gasteiger partial charge on any atom is 0.309 e. The Morgan fingerprint density at radius 1 is 1.15 bits per heavy atom. The van der Waals surface area contributed by atoms with Crippen molar-refractivity contribution in [3.05, 3.63) is 64.7 Å². The van der Waals surface area contributed by atoms with Crippen molar-refractivity contribution in [2.24, 2.45) is 11.7 Å². The third kappa shape index (κ3) is 5.73. The van der Waals surface area contributed by atoms with Crippen molar-refractivity contribution >= 4 is 17.6 Å². The van der Waals surface area contributed by atoms with Crippen LogP contribution in [0.5, 0.6) is 5.75 Å². The number of carbonyl (C=O) groups excluding carboxylic acids is 1. The lowest BCUT2D eigenvalue weighted by Gasteiger charge is -2.25. The summed E-state index contributed by atoms with van der Waals surface area (Å²) in [5.41, 5.74) is 7.75. The molecule has 6 heteroatoms. The highest BCUT2D eigenvalue weighted by atomic mass is 35.5. The van der Waals surface area contributed by atoms with Crippen molar-refractivity contribution in [1.29, 1.82) is 0 Å². The van der Waals surface area contributed by atoms with Crippen LogP contribution in [0.15, 0.2) is 48.5 Å². The van der Waals surface area contributed by atoms with Crippen molar-refractivity contribution < 1.29 is 19.4 Å². The van der Waals surface area contributed by atoms with Crippen LogP contribution < -0.4 is 10.5 Å². The lowest BCUT2D eigenvalue weighted by molar-refractivity contribution is -0.139. The molecule has 0 spiro atoms. The van der Waals surface area contributed by atoms with Gasteiger partial charge >= 0.3 is 5.97 Å². The van der Waals surface area contributed by atoms with E-state index in [1.54, 1.807) is 36.4 Å². The zero-order valence-electron chi connectivity index (χ0n) is 14.9. The second-order valence-corrected chi connectivity index (χ2v) is 6.70. The predicted octanol–water partition coefficient (Wildman–Crippen LogP) is 3.13. The molecule has 0 amide bonds. The van der Waals surface area contributed by atoms with E-state index in [4.69, 9.17) is 22.1 Å². The second-order valence-electron chi connectivity index (χ2n) is 6.26. The highest BCUT2D eigenvalue weighted by Crippen LogP contribution is 2.23. The Morgan fingerprint density at radius 3 is 2.35 bits per heavy atom. The van der Waals surface area contributed by atoms with Crippen molar-refractivity contribution in [1.82, 2.24) is 0 Å². The maximum atomic E-state index is 11.3. The number of rotatable bonds is 8. The van der Waals surface area contributed by atoms with Crippen LogP contribution in [0.3, 0.4) is 0 Å². The molecule has 0 fully saturated rings. The molecule has 0 aliphatic heterocycles. The van der Waals surface area contributed by atoms with E-state index in [9.17, 15) is 9.90 Å². The van der Waals surface area contributed by atoms with E-state index >= 15 is 0 Å². The molecule has 0 saturated carbocycles. The summed E-state index contributed by atoms with van der Waals surface area (Å²) in [4.78, 5) is 11.3. The van der Waals surface area contributed by atoms with Gasteiger partial charge in [0.1, 0.15) is 5.75 Å². The van der Waals surface area contributed by atoms with Gasteiger partial charge < -0.3 is 20.3 Å². The van der Waals surface area contributed by atoms with Gasteiger partial charge in [0.25, 0.3) is 0 Å². The van der Waals surface area contributed by atoms with Crippen LogP contribution in [0.1, 0.15) is 24.2 Å². The molecule has 0 aromatic heterocycles. The van der Waals surface area contributed by atoms with Crippen LogP contribution in [-0.4, -0.2) is 30.8 Å². The van der Waals surface area contributed by atoms with Crippen molar-refractivity contribution in [2.45, 2.75) is 25.5 Å². The zero-order chi connectivity index (χ0) is 19.1. The molecule has 3 atom stereocenters. The molecule has 0 radical (unpaired) electrons. The molecule has 2 aromatic carbocycles. The molecule has 5 nitrogen and oxygen atoms in total. The lowest BCUT2D eigenvalue weighted by atomic mass is 9.93. The first-order valence-corrected chi connectivity index (χ1v) is 8.76. The van der Waals surface area contributed by atoms with Gasteiger partial charge in [0.15, 0.2) is 0 Å². The number of nitrogens with two attached hydrogens (primary N) is 1. The van der Waals surface area contributed by atoms with Gasteiger partial charge in [-0.1, -0.05) is 42.8 Å². The van der Waals surface area contributed by atoms with E-state index in [-0.39, 0.29) is 18.3 Å². The first-order valence-electron chi connectivity index (χ1n) is 8.38. The Kier molecular flexibility index (Phi) is 7.45. The molecule has 0 heterocycles. The van der Waals surface area contributed by atoms with Crippen LogP contribution in [0.4, 0.5) is 0 Å². The number of hydrogen-bond donors (Lipinski definition) is 2. The summed E-state index contributed by atoms with van der Waals surface area (Å²) in [6, 6.07) is 13.7. The molecule has 26 heavy (non-hydrogen) atoms. The highest BCUT2D eigenvalue weighted by molar-refractivity contribution is 6.30. The number of carbonyl (C=O) groups is 1. The fourth-order valence-corrected chi connectivity index (χ4v) is 2.60. The monoisotopic (exact) mass is 377 g/mol. The molecule has 3 unspecified atom stereocenters.